The molecule has 12 nitrogen and oxygen atoms in total. The summed E-state index contributed by atoms with van der Waals surface area (Å²) in [4.78, 5) is 21.0. The van der Waals surface area contributed by atoms with Gasteiger partial charge in [-0.1, -0.05) is 17.7 Å². The summed E-state index contributed by atoms with van der Waals surface area (Å²) in [6.45, 7) is 0.375. The topological polar surface area (TPSA) is 194 Å². The number of nitrogen functional groups attached to an aromatic ring is 1. The van der Waals surface area contributed by atoms with Gasteiger partial charge >= 0.3 is 0 Å². The van der Waals surface area contributed by atoms with E-state index in [1.54, 1.807) is 18.2 Å². The Balaban J connectivity index is 1.59. The zero-order chi connectivity index (χ0) is 32.6. The van der Waals surface area contributed by atoms with Gasteiger partial charge in [0.2, 0.25) is 21.4 Å². The Bertz CT molecular complexity index is 2010. The lowest BCUT2D eigenvalue weighted by Crippen LogP contribution is -2.20. The maximum atomic E-state index is 15.6. The zero-order valence-electron chi connectivity index (χ0n) is 23.2. The summed E-state index contributed by atoms with van der Waals surface area (Å²) in [5.74, 6) is -6.67. The van der Waals surface area contributed by atoms with Crippen LogP contribution in [0.4, 0.5) is 8.78 Å². The van der Waals surface area contributed by atoms with Crippen molar-refractivity contribution in [3.05, 3.63) is 94.1 Å². The maximum Gasteiger partial charge on any atom is 0.260 e. The Hall–Kier alpha value is -5.12. The molecular weight excluding hydrogens is 634 g/mol. The lowest BCUT2D eigenvalue weighted by Gasteiger charge is -2.22. The number of hydrogen-bond donors (Lipinski definition) is 4. The Labute approximate surface area is 259 Å². The molecule has 1 aliphatic heterocycles. The number of nitrogens with two attached hydrogens (primary N) is 2. The largest absolute Gasteiger partial charge is 0.504 e. The van der Waals surface area contributed by atoms with E-state index in [1.807, 2.05) is 0 Å². The van der Waals surface area contributed by atoms with Gasteiger partial charge in [-0.3, -0.25) is 20.1 Å². The van der Waals surface area contributed by atoms with Gasteiger partial charge in [0.25, 0.3) is 11.8 Å². The van der Waals surface area contributed by atoms with Crippen LogP contribution in [0.5, 0.6) is 28.9 Å². The van der Waals surface area contributed by atoms with E-state index in [4.69, 9.17) is 38.0 Å². The molecule has 0 aliphatic carbocycles. The second-order valence-electron chi connectivity index (χ2n) is 9.68. The number of benzene rings is 3. The van der Waals surface area contributed by atoms with Crippen LogP contribution in [-0.4, -0.2) is 55.0 Å². The molecule has 4 aromatic rings. The Morgan fingerprint density at radius 1 is 1.11 bits per heavy atom. The molecule has 0 saturated heterocycles. The van der Waals surface area contributed by atoms with Crippen LogP contribution in [0.2, 0.25) is 5.02 Å². The number of sulfone groups is 1. The molecule has 0 spiro atoms. The van der Waals surface area contributed by atoms with Gasteiger partial charge in [0.1, 0.15) is 17.8 Å². The molecule has 1 unspecified atom stereocenters. The summed E-state index contributed by atoms with van der Waals surface area (Å²) >= 11 is 6.08. The summed E-state index contributed by atoms with van der Waals surface area (Å²) in [6.07, 6.45) is 1.38. The number of carbonyl (C=O) groups excluding carboxylic acids is 1. The number of amidine groups is 1. The van der Waals surface area contributed by atoms with E-state index in [0.29, 0.717) is 12.7 Å². The summed E-state index contributed by atoms with van der Waals surface area (Å²) in [5.41, 5.74) is 10.8. The number of rotatable bonds is 9. The summed E-state index contributed by atoms with van der Waals surface area (Å²) in [6, 6.07) is 11.0. The molecule has 0 saturated carbocycles. The van der Waals surface area contributed by atoms with Crippen molar-refractivity contribution in [3.63, 3.8) is 0 Å². The second-order valence-corrected chi connectivity index (χ2v) is 12.0. The first-order chi connectivity index (χ1) is 21.3. The van der Waals surface area contributed by atoms with Crippen molar-refractivity contribution in [3.8, 4) is 28.9 Å². The molecule has 45 heavy (non-hydrogen) atoms. The van der Waals surface area contributed by atoms with Crippen LogP contribution >= 0.6 is 11.6 Å². The molecule has 1 aliphatic rings. The smallest absolute Gasteiger partial charge is 0.260 e. The maximum absolute atomic E-state index is 15.6. The first-order valence-electron chi connectivity index (χ1n) is 12.9. The fourth-order valence-corrected chi connectivity index (χ4v) is 6.31. The highest BCUT2D eigenvalue weighted by Crippen LogP contribution is 2.41. The van der Waals surface area contributed by atoms with Crippen molar-refractivity contribution in [2.45, 2.75) is 16.0 Å². The number of nitrogens with zero attached hydrogens (tertiary/aromatic N) is 3. The number of aromatic nitrogens is 1. The minimum absolute atomic E-state index is 0.111. The van der Waals surface area contributed by atoms with E-state index in [0.717, 1.165) is 12.1 Å². The van der Waals surface area contributed by atoms with Gasteiger partial charge in [-0.25, -0.2) is 17.8 Å². The highest BCUT2D eigenvalue weighted by atomic mass is 35.5. The summed E-state index contributed by atoms with van der Waals surface area (Å²) in [7, 11) is -2.72. The third-order valence-electron chi connectivity index (χ3n) is 6.70. The number of aliphatic imine (C=N–C) groups is 1. The van der Waals surface area contributed by atoms with E-state index in [1.165, 1.54) is 42.5 Å². The van der Waals surface area contributed by atoms with Crippen LogP contribution in [0.25, 0.3) is 0 Å². The first-order valence-corrected chi connectivity index (χ1v) is 14.7. The highest BCUT2D eigenvalue weighted by molar-refractivity contribution is 7.91. The van der Waals surface area contributed by atoms with Gasteiger partial charge < -0.3 is 26.0 Å². The molecule has 232 valence electrons. The number of ether oxygens (including phenoxy) is 2. The van der Waals surface area contributed by atoms with Gasteiger partial charge in [-0.2, -0.15) is 4.39 Å². The lowest BCUT2D eigenvalue weighted by atomic mass is 10.1. The van der Waals surface area contributed by atoms with Gasteiger partial charge in [0.15, 0.2) is 17.3 Å². The van der Waals surface area contributed by atoms with Gasteiger partial charge in [-0.15, -0.1) is 0 Å². The molecule has 1 aromatic heterocycles. The Morgan fingerprint density at radius 3 is 2.53 bits per heavy atom. The molecule has 0 bridgehead atoms. The number of hydrogen-bond acceptors (Lipinski definition) is 10. The predicted octanol–water partition coefficient (Wildman–Crippen LogP) is 4.53. The number of primary amides is 1. The third kappa shape index (κ3) is 6.00. The Morgan fingerprint density at radius 2 is 1.87 bits per heavy atom. The van der Waals surface area contributed by atoms with Crippen LogP contribution in [0.15, 0.2) is 75.6 Å². The van der Waals surface area contributed by atoms with Crippen molar-refractivity contribution < 1.29 is 36.6 Å². The van der Waals surface area contributed by atoms with E-state index < -0.39 is 61.4 Å². The molecule has 0 radical (unpaired) electrons. The average Bonchev–Trinajstić information content (AvgIpc) is 3.42. The van der Waals surface area contributed by atoms with Gasteiger partial charge in [0.05, 0.1) is 26.6 Å². The molecule has 2 heterocycles. The molecule has 16 heteroatoms. The van der Waals surface area contributed by atoms with E-state index in [-0.39, 0.29) is 38.4 Å². The van der Waals surface area contributed by atoms with Crippen LogP contribution < -0.4 is 20.9 Å². The van der Waals surface area contributed by atoms with Crippen molar-refractivity contribution in [1.82, 2.24) is 9.88 Å². The number of phenolic OH excluding ortho intramolecular Hbond substituents is 1. The highest BCUT2D eigenvalue weighted by Gasteiger charge is 2.31. The Kier molecular flexibility index (Phi) is 8.42. The number of amides is 1. The van der Waals surface area contributed by atoms with Crippen LogP contribution in [0, 0.1) is 17.0 Å². The van der Waals surface area contributed by atoms with Crippen molar-refractivity contribution >= 4 is 39.4 Å². The lowest BCUT2D eigenvalue weighted by molar-refractivity contribution is 0.0997. The van der Waals surface area contributed by atoms with Crippen LogP contribution in [0.3, 0.4) is 0 Å². The SMILES string of the molecule is CN1CC=NC1c1cc(S(=O)(=O)c2cccc(Cl)c2C(N)=O)ccc1Oc1c(F)cnc(Oc2cc(C(=N)N)ccc2O)c1F. The van der Waals surface area contributed by atoms with Crippen molar-refractivity contribution in [1.29, 1.82) is 5.41 Å². The molecule has 3 aromatic carbocycles. The minimum atomic E-state index is -4.40. The zero-order valence-corrected chi connectivity index (χ0v) is 24.7. The van der Waals surface area contributed by atoms with Gasteiger partial charge in [-0.05, 0) is 55.6 Å². The normalized spacial score (nSPS) is 14.8. The second kappa shape index (κ2) is 12.1. The fraction of sp³-hybridized carbons (Fsp3) is 0.103. The average molecular weight is 657 g/mol. The number of phenols is 1. The minimum Gasteiger partial charge on any atom is -0.504 e. The predicted molar refractivity (Wildman–Crippen MR) is 159 cm³/mol. The van der Waals surface area contributed by atoms with Crippen molar-refractivity contribution in [2.24, 2.45) is 16.5 Å². The van der Waals surface area contributed by atoms with E-state index >= 15 is 4.39 Å². The summed E-state index contributed by atoms with van der Waals surface area (Å²) < 4.78 is 69.1. The van der Waals surface area contributed by atoms with E-state index in [2.05, 4.69) is 9.98 Å². The number of nitrogens with one attached hydrogen (secondary N) is 1. The van der Waals surface area contributed by atoms with Crippen molar-refractivity contribution in [2.75, 3.05) is 13.6 Å². The number of aromatic hydroxyl groups is 1. The molecule has 0 fully saturated rings. The van der Waals surface area contributed by atoms with Gasteiger partial charge in [0, 0.05) is 23.9 Å². The molecule has 6 N–H and O–H groups in total. The fourth-order valence-electron chi connectivity index (χ4n) is 4.46. The molecule has 5 rings (SSSR count). The number of carbonyl (C=O) groups is 1. The quantitative estimate of drug-likeness (QED) is 0.148. The standard InChI is InChI=1S/C29H23ClF2N6O6S/c1-38-10-9-36-28(38)16-12-15(45(41,42)22-4-2-3-17(30)23(22)27(35)40)6-8-20(16)43-25-18(31)13-37-29(24(25)32)44-21-11-14(26(33)34)5-7-19(21)39/h2-9,11-13,28,39H,10H2,1H3,(H3,33,34)(H2,35,40). The number of halogens is 3. The molecule has 1 atom stereocenters. The number of pyridine rings is 1. The summed E-state index contributed by atoms with van der Waals surface area (Å²) in [5, 5.41) is 17.6. The monoisotopic (exact) mass is 656 g/mol. The third-order valence-corrected chi connectivity index (χ3v) is 8.81. The van der Waals surface area contributed by atoms with E-state index in [9.17, 15) is 22.7 Å². The molecular formula is C29H23ClF2N6O6S. The van der Waals surface area contributed by atoms with Crippen LogP contribution in [0.1, 0.15) is 27.7 Å². The van der Waals surface area contributed by atoms with Crippen LogP contribution in [-0.2, 0) is 9.84 Å². The molecule has 1 amide bonds. The first kappa shape index (κ1) is 31.3.